The highest BCUT2D eigenvalue weighted by atomic mass is 35.5. The first-order valence-corrected chi connectivity index (χ1v) is 14.7. The molecule has 4 rings (SSSR count). The summed E-state index contributed by atoms with van der Waals surface area (Å²) in [6, 6.07) is 7.23. The van der Waals surface area contributed by atoms with Crippen LogP contribution in [0.4, 0.5) is 5.00 Å². The Kier molecular flexibility index (Phi) is 9.51. The van der Waals surface area contributed by atoms with Crippen LogP contribution in [-0.2, 0) is 28.9 Å². The van der Waals surface area contributed by atoms with Crippen molar-refractivity contribution in [3.8, 4) is 5.75 Å². The molecule has 2 atom stereocenters. The van der Waals surface area contributed by atoms with E-state index in [1.165, 1.54) is 23.1 Å². The number of anilines is 1. The first kappa shape index (κ1) is 28.2. The molecule has 8 nitrogen and oxygen atoms in total. The monoisotopic (exact) mass is 574 g/mol. The number of ether oxygens (including phenoxy) is 2. The molecule has 0 saturated carbocycles. The van der Waals surface area contributed by atoms with E-state index >= 15 is 0 Å². The zero-order valence-corrected chi connectivity index (χ0v) is 24.0. The molecular formula is C27H31ClN4O4S2. The van der Waals surface area contributed by atoms with Crippen molar-refractivity contribution in [3.05, 3.63) is 63.8 Å². The van der Waals surface area contributed by atoms with Gasteiger partial charge in [0.15, 0.2) is 17.1 Å². The number of esters is 1. The van der Waals surface area contributed by atoms with Crippen LogP contribution in [0.2, 0.25) is 5.02 Å². The number of amides is 1. The summed E-state index contributed by atoms with van der Waals surface area (Å²) < 4.78 is 13.2. The van der Waals surface area contributed by atoms with Crippen molar-refractivity contribution in [1.82, 2.24) is 14.8 Å². The molecule has 1 aliphatic carbocycles. The molecule has 0 fully saturated rings. The minimum atomic E-state index is -0.433. The second kappa shape index (κ2) is 12.8. The van der Waals surface area contributed by atoms with Gasteiger partial charge in [0.25, 0.3) is 0 Å². The Morgan fingerprint density at radius 2 is 2.16 bits per heavy atom. The lowest BCUT2D eigenvalue weighted by Gasteiger charge is -2.18. The van der Waals surface area contributed by atoms with Gasteiger partial charge in [-0.25, -0.2) is 4.79 Å². The van der Waals surface area contributed by atoms with Crippen molar-refractivity contribution in [2.45, 2.75) is 57.8 Å². The minimum absolute atomic E-state index is 0.0935. The zero-order chi connectivity index (χ0) is 27.2. The molecule has 0 bridgehead atoms. The molecule has 1 aromatic carbocycles. The van der Waals surface area contributed by atoms with E-state index in [0.29, 0.717) is 44.8 Å². The smallest absolute Gasteiger partial charge is 0.341 e. The second-order valence-electron chi connectivity index (χ2n) is 9.04. The van der Waals surface area contributed by atoms with E-state index in [-0.39, 0.29) is 24.2 Å². The van der Waals surface area contributed by atoms with E-state index in [9.17, 15) is 9.59 Å². The molecule has 1 N–H and O–H groups in total. The van der Waals surface area contributed by atoms with E-state index < -0.39 is 6.10 Å². The largest absolute Gasteiger partial charge is 0.481 e. The van der Waals surface area contributed by atoms with Crippen LogP contribution in [0.25, 0.3) is 0 Å². The third-order valence-electron chi connectivity index (χ3n) is 6.14. The summed E-state index contributed by atoms with van der Waals surface area (Å²) >= 11 is 8.97. The number of rotatable bonds is 11. The molecule has 0 spiro atoms. The number of carbonyl (C=O) groups excluding carboxylic acids is 2. The first-order chi connectivity index (χ1) is 18.3. The minimum Gasteiger partial charge on any atom is -0.481 e. The second-order valence-corrected chi connectivity index (χ2v) is 11.5. The Balaban J connectivity index is 1.47. The van der Waals surface area contributed by atoms with Gasteiger partial charge in [-0.1, -0.05) is 48.5 Å². The van der Waals surface area contributed by atoms with Gasteiger partial charge in [-0.05, 0) is 56.7 Å². The summed E-state index contributed by atoms with van der Waals surface area (Å²) in [6.07, 6.45) is 4.03. The maximum Gasteiger partial charge on any atom is 0.341 e. The van der Waals surface area contributed by atoms with Crippen LogP contribution in [0.3, 0.4) is 0 Å². The lowest BCUT2D eigenvalue weighted by Crippen LogP contribution is -2.18. The lowest BCUT2D eigenvalue weighted by atomic mass is 9.88. The van der Waals surface area contributed by atoms with Crippen molar-refractivity contribution < 1.29 is 19.1 Å². The molecule has 11 heteroatoms. The molecule has 0 saturated heterocycles. The number of hydrogen-bond donors (Lipinski definition) is 1. The number of aromatic nitrogens is 3. The quantitative estimate of drug-likeness (QED) is 0.162. The molecule has 1 amide bonds. The van der Waals surface area contributed by atoms with Crippen molar-refractivity contribution in [1.29, 1.82) is 0 Å². The van der Waals surface area contributed by atoms with Crippen LogP contribution in [0.5, 0.6) is 5.75 Å². The number of thioether (sulfide) groups is 1. The van der Waals surface area contributed by atoms with E-state index in [1.807, 2.05) is 23.6 Å². The molecule has 0 aliphatic heterocycles. The van der Waals surface area contributed by atoms with Gasteiger partial charge < -0.3 is 14.8 Å². The highest BCUT2D eigenvalue weighted by molar-refractivity contribution is 7.99. The molecule has 2 heterocycles. The standard InChI is InChI=1S/C27H31ClN4O4S2/c1-5-13-32-24(17(4)36-20-10-8-7-9-19(20)28)30-31-27(32)37-15-22(33)29-25-23(26(34)35-6-2)18-12-11-16(3)14-21(18)38-25/h5,7-10,16-17H,1,6,11-15H2,2-4H3,(H,29,33). The van der Waals surface area contributed by atoms with Crippen LogP contribution < -0.4 is 10.1 Å². The lowest BCUT2D eigenvalue weighted by molar-refractivity contribution is -0.113. The normalized spacial score (nSPS) is 15.4. The van der Waals surface area contributed by atoms with Gasteiger partial charge in [0.2, 0.25) is 5.91 Å². The summed E-state index contributed by atoms with van der Waals surface area (Å²) in [6.45, 7) is 10.4. The summed E-state index contributed by atoms with van der Waals surface area (Å²) in [7, 11) is 0. The van der Waals surface area contributed by atoms with Crippen LogP contribution in [-0.4, -0.2) is 39.0 Å². The predicted molar refractivity (Wildman–Crippen MR) is 152 cm³/mol. The fraction of sp³-hybridized carbons (Fsp3) is 0.407. The van der Waals surface area contributed by atoms with Gasteiger partial charge in [0.1, 0.15) is 10.8 Å². The number of nitrogens with zero attached hydrogens (tertiary/aromatic N) is 3. The number of thiophene rings is 1. The third kappa shape index (κ3) is 6.42. The maximum atomic E-state index is 13.0. The third-order valence-corrected chi connectivity index (χ3v) is 8.59. The Morgan fingerprint density at radius 3 is 2.89 bits per heavy atom. The Labute approximate surface area is 235 Å². The highest BCUT2D eigenvalue weighted by Crippen LogP contribution is 2.40. The van der Waals surface area contributed by atoms with E-state index in [2.05, 4.69) is 29.0 Å². The van der Waals surface area contributed by atoms with Crippen LogP contribution in [0.1, 0.15) is 59.9 Å². The number of allylic oxidation sites excluding steroid dienone is 1. The maximum absolute atomic E-state index is 13.0. The summed E-state index contributed by atoms with van der Waals surface area (Å²) in [5.74, 6) is 1.17. The van der Waals surface area contributed by atoms with E-state index in [4.69, 9.17) is 21.1 Å². The van der Waals surface area contributed by atoms with Gasteiger partial charge in [0.05, 0.1) is 22.9 Å². The Morgan fingerprint density at radius 1 is 1.37 bits per heavy atom. The molecule has 2 aromatic heterocycles. The van der Waals surface area contributed by atoms with Gasteiger partial charge in [-0.3, -0.25) is 9.36 Å². The first-order valence-electron chi connectivity index (χ1n) is 12.5. The number of halogens is 1. The average molecular weight is 575 g/mol. The molecule has 1 aliphatic rings. The number of benzene rings is 1. The Hall–Kier alpha value is -2.82. The van der Waals surface area contributed by atoms with Crippen molar-refractivity contribution in [2.75, 3.05) is 17.7 Å². The fourth-order valence-electron chi connectivity index (χ4n) is 4.34. The van der Waals surface area contributed by atoms with Crippen LogP contribution >= 0.6 is 34.7 Å². The van der Waals surface area contributed by atoms with E-state index in [1.54, 1.807) is 25.1 Å². The number of fused-ring (bicyclic) bond motifs is 1. The van der Waals surface area contributed by atoms with Crippen molar-refractivity contribution >= 4 is 51.6 Å². The predicted octanol–water partition coefficient (Wildman–Crippen LogP) is 6.35. The number of nitrogens with one attached hydrogen (secondary N) is 1. The molecule has 0 radical (unpaired) electrons. The zero-order valence-electron chi connectivity index (χ0n) is 21.7. The molecule has 2 unspecified atom stereocenters. The summed E-state index contributed by atoms with van der Waals surface area (Å²) in [4.78, 5) is 26.9. The highest BCUT2D eigenvalue weighted by Gasteiger charge is 2.29. The SMILES string of the molecule is C=CCn1c(SCC(=O)Nc2sc3c(c2C(=O)OCC)CCC(C)C3)nnc1C(C)Oc1ccccc1Cl. The Bertz CT molecular complexity index is 1320. The number of para-hydroxylation sites is 1. The van der Waals surface area contributed by atoms with Gasteiger partial charge in [0, 0.05) is 11.4 Å². The summed E-state index contributed by atoms with van der Waals surface area (Å²) in [5, 5.41) is 13.2. The van der Waals surface area contributed by atoms with Gasteiger partial charge in [-0.2, -0.15) is 0 Å². The molecule has 38 heavy (non-hydrogen) atoms. The summed E-state index contributed by atoms with van der Waals surface area (Å²) in [5.41, 5.74) is 1.51. The molecule has 202 valence electrons. The fourth-order valence-corrected chi connectivity index (χ4v) is 6.69. The van der Waals surface area contributed by atoms with Crippen molar-refractivity contribution in [3.63, 3.8) is 0 Å². The number of carbonyl (C=O) groups is 2. The van der Waals surface area contributed by atoms with E-state index in [0.717, 1.165) is 29.7 Å². The number of hydrogen-bond acceptors (Lipinski definition) is 8. The van der Waals surface area contributed by atoms with Crippen molar-refractivity contribution in [2.24, 2.45) is 5.92 Å². The topological polar surface area (TPSA) is 95.3 Å². The molecule has 3 aromatic rings. The van der Waals surface area contributed by atoms with Gasteiger partial charge >= 0.3 is 5.97 Å². The average Bonchev–Trinajstić information content (AvgIpc) is 3.44. The van der Waals surface area contributed by atoms with Gasteiger partial charge in [-0.15, -0.1) is 28.1 Å². The molecular weight excluding hydrogens is 544 g/mol. The van der Waals surface area contributed by atoms with Crippen LogP contribution in [0, 0.1) is 5.92 Å². The van der Waals surface area contributed by atoms with Crippen LogP contribution in [0.15, 0.2) is 42.1 Å².